The van der Waals surface area contributed by atoms with Gasteiger partial charge >= 0.3 is 0 Å². The number of allylic oxidation sites excluding steroid dienone is 3. The van der Waals surface area contributed by atoms with Crippen molar-refractivity contribution in [1.82, 2.24) is 10.0 Å². The van der Waals surface area contributed by atoms with Crippen molar-refractivity contribution >= 4 is 5.78 Å². The molecule has 1 atom stereocenters. The van der Waals surface area contributed by atoms with Crippen LogP contribution in [-0.2, 0) is 4.79 Å². The van der Waals surface area contributed by atoms with Gasteiger partial charge in [-0.15, -0.1) is 0 Å². The average molecular weight is 354 g/mol. The molecule has 1 aromatic rings. The molecule has 1 heterocycles. The van der Waals surface area contributed by atoms with Gasteiger partial charge in [0.25, 0.3) is 0 Å². The molecule has 0 fully saturated rings. The monoisotopic (exact) mass is 354 g/mol. The molecule has 2 N–H and O–H groups in total. The Morgan fingerprint density at radius 1 is 1.35 bits per heavy atom. The van der Waals surface area contributed by atoms with Crippen LogP contribution in [0.4, 0.5) is 4.39 Å². The molecule has 1 aliphatic carbocycles. The molecule has 2 aliphatic rings. The third-order valence-electron chi connectivity index (χ3n) is 4.94. The normalized spacial score (nSPS) is 22.6. The number of hydrazine groups is 1. The minimum atomic E-state index is -0.634. The molecule has 1 unspecified atom stereocenters. The first kappa shape index (κ1) is 18.2. The number of hydrogen-bond donors (Lipinski definition) is 1. The standard InChI is InChI=1S/C20H23FN4O/c1-20(2)9-15-18(16(26)10-20)17(12-6-5-7-13(21)8-12)14(11-22)19(23)25(15)24(3)4/h5-8,17H,9-10,23H2,1-4H3. The number of halogens is 1. The van der Waals surface area contributed by atoms with E-state index in [1.54, 1.807) is 22.2 Å². The molecule has 136 valence electrons. The van der Waals surface area contributed by atoms with Crippen LogP contribution in [0.25, 0.3) is 0 Å². The quantitative estimate of drug-likeness (QED) is 0.884. The van der Waals surface area contributed by atoms with Gasteiger partial charge in [0.2, 0.25) is 0 Å². The average Bonchev–Trinajstić information content (AvgIpc) is 2.52. The van der Waals surface area contributed by atoms with Crippen molar-refractivity contribution in [3.63, 3.8) is 0 Å². The fraction of sp³-hybridized carbons (Fsp3) is 0.400. The second kappa shape index (κ2) is 6.26. The van der Waals surface area contributed by atoms with E-state index in [0.717, 1.165) is 5.70 Å². The molecule has 5 nitrogen and oxygen atoms in total. The SMILES string of the molecule is CN(C)N1C(N)=C(C#N)C(c2cccc(F)c2)C2=C1CC(C)(C)CC2=O. The number of Topliss-reactive ketones (excluding diaryl/α,β-unsaturated/α-hetero) is 1. The molecular formula is C20H23FN4O. The van der Waals surface area contributed by atoms with Gasteiger partial charge < -0.3 is 5.73 Å². The van der Waals surface area contributed by atoms with Crippen LogP contribution in [0.5, 0.6) is 0 Å². The van der Waals surface area contributed by atoms with Crippen molar-refractivity contribution in [1.29, 1.82) is 5.26 Å². The van der Waals surface area contributed by atoms with Crippen LogP contribution in [0.3, 0.4) is 0 Å². The Hall–Kier alpha value is -2.65. The van der Waals surface area contributed by atoms with Crippen molar-refractivity contribution in [2.75, 3.05) is 14.1 Å². The lowest BCUT2D eigenvalue weighted by Gasteiger charge is -2.45. The number of ketones is 1. The van der Waals surface area contributed by atoms with E-state index in [0.29, 0.717) is 24.0 Å². The topological polar surface area (TPSA) is 73.4 Å². The van der Waals surface area contributed by atoms with Crippen LogP contribution in [0.1, 0.15) is 38.2 Å². The number of nitriles is 1. The maximum Gasteiger partial charge on any atom is 0.162 e. The van der Waals surface area contributed by atoms with Gasteiger partial charge in [-0.05, 0) is 29.5 Å². The summed E-state index contributed by atoms with van der Waals surface area (Å²) in [5.74, 6) is -0.765. The summed E-state index contributed by atoms with van der Waals surface area (Å²) in [6.45, 7) is 4.08. The van der Waals surface area contributed by atoms with E-state index in [9.17, 15) is 14.4 Å². The van der Waals surface area contributed by atoms with Crippen LogP contribution < -0.4 is 5.73 Å². The molecule has 0 amide bonds. The van der Waals surface area contributed by atoms with Gasteiger partial charge in [0.1, 0.15) is 11.6 Å². The molecule has 0 bridgehead atoms. The van der Waals surface area contributed by atoms with E-state index in [-0.39, 0.29) is 22.6 Å². The summed E-state index contributed by atoms with van der Waals surface area (Å²) in [5.41, 5.74) is 8.33. The van der Waals surface area contributed by atoms with Crippen molar-refractivity contribution < 1.29 is 9.18 Å². The van der Waals surface area contributed by atoms with Gasteiger partial charge in [-0.25, -0.2) is 9.40 Å². The van der Waals surface area contributed by atoms with Crippen molar-refractivity contribution in [3.8, 4) is 6.07 Å². The molecule has 3 rings (SSSR count). The first-order chi connectivity index (χ1) is 12.2. The Morgan fingerprint density at radius 2 is 2.04 bits per heavy atom. The molecule has 26 heavy (non-hydrogen) atoms. The van der Waals surface area contributed by atoms with Crippen LogP contribution in [-0.4, -0.2) is 29.9 Å². The molecule has 6 heteroatoms. The van der Waals surface area contributed by atoms with Crippen molar-refractivity contribution in [3.05, 3.63) is 58.3 Å². The van der Waals surface area contributed by atoms with E-state index in [2.05, 4.69) is 6.07 Å². The lowest BCUT2D eigenvalue weighted by Crippen LogP contribution is -2.47. The summed E-state index contributed by atoms with van der Waals surface area (Å²) in [5, 5.41) is 13.3. The fourth-order valence-corrected chi connectivity index (χ4v) is 3.97. The number of nitrogens with zero attached hydrogens (tertiary/aromatic N) is 3. The number of rotatable bonds is 2. The number of hydrogen-bond acceptors (Lipinski definition) is 5. The highest BCUT2D eigenvalue weighted by Gasteiger charge is 2.44. The van der Waals surface area contributed by atoms with E-state index >= 15 is 0 Å². The van der Waals surface area contributed by atoms with E-state index in [4.69, 9.17) is 5.73 Å². The second-order valence-electron chi connectivity index (χ2n) is 7.86. The molecule has 0 spiro atoms. The van der Waals surface area contributed by atoms with E-state index in [1.165, 1.54) is 12.1 Å². The molecular weight excluding hydrogens is 331 g/mol. The Labute approximate surface area is 153 Å². The Kier molecular flexibility index (Phi) is 4.37. The predicted molar refractivity (Wildman–Crippen MR) is 96.5 cm³/mol. The Morgan fingerprint density at radius 3 is 2.62 bits per heavy atom. The molecule has 0 saturated heterocycles. The number of nitrogens with two attached hydrogens (primary N) is 1. The zero-order valence-electron chi connectivity index (χ0n) is 15.5. The zero-order chi connectivity index (χ0) is 19.2. The highest BCUT2D eigenvalue weighted by Crippen LogP contribution is 2.49. The minimum Gasteiger partial charge on any atom is -0.383 e. The highest BCUT2D eigenvalue weighted by molar-refractivity contribution is 6.00. The highest BCUT2D eigenvalue weighted by atomic mass is 19.1. The first-order valence-electron chi connectivity index (χ1n) is 8.55. The molecule has 0 saturated carbocycles. The van der Waals surface area contributed by atoms with Crippen molar-refractivity contribution in [2.24, 2.45) is 11.1 Å². The van der Waals surface area contributed by atoms with Gasteiger partial charge in [-0.1, -0.05) is 26.0 Å². The lowest BCUT2D eigenvalue weighted by molar-refractivity contribution is -0.119. The van der Waals surface area contributed by atoms with Gasteiger partial charge in [0, 0.05) is 31.8 Å². The van der Waals surface area contributed by atoms with Crippen molar-refractivity contribution in [2.45, 2.75) is 32.6 Å². The second-order valence-corrected chi connectivity index (χ2v) is 7.86. The molecule has 0 aromatic heterocycles. The Balaban J connectivity index is 2.30. The maximum atomic E-state index is 13.8. The number of carbonyl (C=O) groups excluding carboxylic acids is 1. The third-order valence-corrected chi connectivity index (χ3v) is 4.94. The zero-order valence-corrected chi connectivity index (χ0v) is 15.5. The van der Waals surface area contributed by atoms with Gasteiger partial charge in [-0.3, -0.25) is 9.80 Å². The van der Waals surface area contributed by atoms with Crippen LogP contribution in [0.15, 0.2) is 46.9 Å². The summed E-state index contributed by atoms with van der Waals surface area (Å²) < 4.78 is 13.8. The fourth-order valence-electron chi connectivity index (χ4n) is 3.97. The van der Waals surface area contributed by atoms with E-state index in [1.807, 2.05) is 27.9 Å². The molecule has 1 aliphatic heterocycles. The largest absolute Gasteiger partial charge is 0.383 e. The summed E-state index contributed by atoms with van der Waals surface area (Å²) in [7, 11) is 3.64. The summed E-state index contributed by atoms with van der Waals surface area (Å²) >= 11 is 0. The molecule has 0 radical (unpaired) electrons. The number of carbonyl (C=O) groups is 1. The van der Waals surface area contributed by atoms with Crippen LogP contribution in [0.2, 0.25) is 0 Å². The maximum absolute atomic E-state index is 13.8. The summed E-state index contributed by atoms with van der Waals surface area (Å²) in [6.07, 6.45) is 1.04. The molecule has 1 aromatic carbocycles. The summed E-state index contributed by atoms with van der Waals surface area (Å²) in [4.78, 5) is 13.1. The Bertz CT molecular complexity index is 876. The first-order valence-corrected chi connectivity index (χ1v) is 8.55. The smallest absolute Gasteiger partial charge is 0.162 e. The number of benzene rings is 1. The lowest BCUT2D eigenvalue weighted by atomic mass is 9.69. The van der Waals surface area contributed by atoms with Crippen LogP contribution in [0, 0.1) is 22.6 Å². The van der Waals surface area contributed by atoms with Gasteiger partial charge in [0.15, 0.2) is 5.78 Å². The predicted octanol–water partition coefficient (Wildman–Crippen LogP) is 3.04. The minimum absolute atomic E-state index is 0.0161. The van der Waals surface area contributed by atoms with Gasteiger partial charge in [-0.2, -0.15) is 5.26 Å². The van der Waals surface area contributed by atoms with Crippen LogP contribution >= 0.6 is 0 Å². The van der Waals surface area contributed by atoms with E-state index < -0.39 is 11.7 Å². The third kappa shape index (κ3) is 2.89. The summed E-state index contributed by atoms with van der Waals surface area (Å²) in [6, 6.07) is 8.20. The van der Waals surface area contributed by atoms with Gasteiger partial charge in [0.05, 0.1) is 17.6 Å².